The van der Waals surface area contributed by atoms with Gasteiger partial charge in [-0.3, -0.25) is 4.79 Å². The molecule has 0 saturated carbocycles. The molecule has 1 amide bonds. The highest BCUT2D eigenvalue weighted by molar-refractivity contribution is 6.31. The van der Waals surface area contributed by atoms with Crippen molar-refractivity contribution < 1.29 is 13.9 Å². The van der Waals surface area contributed by atoms with Crippen molar-refractivity contribution in [2.45, 2.75) is 19.5 Å². The minimum absolute atomic E-state index is 0.133. The number of aromatic nitrogens is 1. The molecule has 0 atom stereocenters. The molecule has 0 N–H and O–H groups in total. The van der Waals surface area contributed by atoms with Gasteiger partial charge in [-0.1, -0.05) is 29.8 Å². The van der Waals surface area contributed by atoms with Gasteiger partial charge in [-0.15, -0.1) is 0 Å². The smallest absolute Gasteiger partial charge is 0.254 e. The van der Waals surface area contributed by atoms with Crippen LogP contribution >= 0.6 is 11.6 Å². The fourth-order valence-corrected chi connectivity index (χ4v) is 3.38. The van der Waals surface area contributed by atoms with Crippen molar-refractivity contribution in [3.05, 3.63) is 94.5 Å². The van der Waals surface area contributed by atoms with Crippen LogP contribution in [0.2, 0.25) is 5.02 Å². The highest BCUT2D eigenvalue weighted by Gasteiger charge is 2.18. The lowest BCUT2D eigenvalue weighted by Gasteiger charge is -2.24. The zero-order valence-corrected chi connectivity index (χ0v) is 17.1. The molecule has 0 bridgehead atoms. The van der Waals surface area contributed by atoms with E-state index in [2.05, 4.69) is 4.57 Å². The van der Waals surface area contributed by atoms with Crippen molar-refractivity contribution in [2.24, 2.45) is 0 Å². The zero-order chi connectivity index (χ0) is 20.6. The maximum absolute atomic E-state index is 13.2. The number of hydrogen-bond donors (Lipinski definition) is 0. The molecule has 0 radical (unpaired) electrons. The van der Waals surface area contributed by atoms with Crippen LogP contribution in [0, 0.1) is 5.82 Å². The highest BCUT2D eigenvalue weighted by Crippen LogP contribution is 2.19. The molecule has 3 rings (SSSR count). The van der Waals surface area contributed by atoms with Gasteiger partial charge in [0.25, 0.3) is 5.91 Å². The second kappa shape index (κ2) is 10.2. The Hall–Kier alpha value is -2.63. The summed E-state index contributed by atoms with van der Waals surface area (Å²) < 4.78 is 20.5. The molecule has 2 aromatic carbocycles. The monoisotopic (exact) mass is 414 g/mol. The van der Waals surface area contributed by atoms with E-state index in [9.17, 15) is 9.18 Å². The molecule has 0 fully saturated rings. The summed E-state index contributed by atoms with van der Waals surface area (Å²) in [5.41, 5.74) is 2.48. The molecule has 1 heterocycles. The number of benzene rings is 2. The van der Waals surface area contributed by atoms with Crippen molar-refractivity contribution >= 4 is 17.5 Å². The Morgan fingerprint density at radius 2 is 1.86 bits per heavy atom. The maximum Gasteiger partial charge on any atom is 0.254 e. The summed E-state index contributed by atoms with van der Waals surface area (Å²) in [4.78, 5) is 14.8. The third-order valence-corrected chi connectivity index (χ3v) is 5.10. The predicted molar refractivity (Wildman–Crippen MR) is 113 cm³/mol. The molecular formula is C23H24ClFN2O2. The van der Waals surface area contributed by atoms with Crippen LogP contribution in [0.3, 0.4) is 0 Å². The molecule has 29 heavy (non-hydrogen) atoms. The first-order valence-corrected chi connectivity index (χ1v) is 9.87. The highest BCUT2D eigenvalue weighted by atomic mass is 35.5. The second-order valence-corrected chi connectivity index (χ2v) is 7.21. The third-order valence-electron chi connectivity index (χ3n) is 4.73. The summed E-state index contributed by atoms with van der Waals surface area (Å²) in [6.07, 6.45) is 2.70. The van der Waals surface area contributed by atoms with Crippen LogP contribution in [0.4, 0.5) is 4.39 Å². The fourth-order valence-electron chi connectivity index (χ4n) is 3.18. The van der Waals surface area contributed by atoms with Gasteiger partial charge in [0.1, 0.15) is 5.82 Å². The Bertz CT molecular complexity index is 940. The molecule has 4 nitrogen and oxygen atoms in total. The number of carbonyl (C=O) groups excluding carboxylic acids is 1. The molecule has 0 saturated heterocycles. The van der Waals surface area contributed by atoms with Gasteiger partial charge in [-0.25, -0.2) is 4.39 Å². The van der Waals surface area contributed by atoms with Crippen molar-refractivity contribution in [3.8, 4) is 0 Å². The summed E-state index contributed by atoms with van der Waals surface area (Å²) in [5.74, 6) is -0.493. The summed E-state index contributed by atoms with van der Waals surface area (Å²) in [6.45, 7) is 2.17. The number of ether oxygens (including phenoxy) is 1. The quantitative estimate of drug-likeness (QED) is 0.461. The topological polar surface area (TPSA) is 34.5 Å². The van der Waals surface area contributed by atoms with Crippen LogP contribution in [0.5, 0.6) is 0 Å². The first kappa shape index (κ1) is 21.1. The second-order valence-electron chi connectivity index (χ2n) is 6.80. The SMILES string of the molecule is COCCCN(Cc1cccn1Cc1ccccc1Cl)C(=O)c1ccc(F)cc1. The number of halogens is 2. The van der Waals surface area contributed by atoms with Crippen molar-refractivity contribution in [3.63, 3.8) is 0 Å². The van der Waals surface area contributed by atoms with Crippen LogP contribution in [0.1, 0.15) is 28.0 Å². The minimum Gasteiger partial charge on any atom is -0.385 e. The summed E-state index contributed by atoms with van der Waals surface area (Å²) >= 11 is 6.30. The van der Waals surface area contributed by atoms with E-state index in [1.165, 1.54) is 24.3 Å². The standard InChI is InChI=1S/C23H24ClFN2O2/c1-29-15-5-14-27(23(28)18-9-11-20(25)12-10-18)17-21-7-4-13-26(21)16-19-6-2-3-8-22(19)24/h2-4,6-13H,5,14-17H2,1H3. The molecule has 0 aliphatic heterocycles. The Morgan fingerprint density at radius 1 is 1.10 bits per heavy atom. The largest absolute Gasteiger partial charge is 0.385 e. The zero-order valence-electron chi connectivity index (χ0n) is 16.4. The Labute approximate surface area is 175 Å². The number of rotatable bonds is 9. The van der Waals surface area contributed by atoms with E-state index in [1.54, 1.807) is 12.0 Å². The lowest BCUT2D eigenvalue weighted by Crippen LogP contribution is -2.33. The number of carbonyl (C=O) groups is 1. The molecule has 0 unspecified atom stereocenters. The van der Waals surface area contributed by atoms with E-state index in [-0.39, 0.29) is 11.7 Å². The molecule has 0 aliphatic rings. The minimum atomic E-state index is -0.360. The van der Waals surface area contributed by atoms with E-state index >= 15 is 0 Å². The van der Waals surface area contributed by atoms with Crippen LogP contribution in [-0.4, -0.2) is 35.6 Å². The predicted octanol–water partition coefficient (Wildman–Crippen LogP) is 5.01. The van der Waals surface area contributed by atoms with E-state index in [1.807, 2.05) is 42.6 Å². The van der Waals surface area contributed by atoms with Gasteiger partial charge in [0.15, 0.2) is 0 Å². The molecule has 0 spiro atoms. The van der Waals surface area contributed by atoms with Crippen LogP contribution in [0.25, 0.3) is 0 Å². The van der Waals surface area contributed by atoms with Crippen molar-refractivity contribution in [1.29, 1.82) is 0 Å². The maximum atomic E-state index is 13.2. The van der Waals surface area contributed by atoms with Gasteiger partial charge in [0.2, 0.25) is 0 Å². The van der Waals surface area contributed by atoms with E-state index < -0.39 is 0 Å². The Morgan fingerprint density at radius 3 is 2.59 bits per heavy atom. The normalized spacial score (nSPS) is 10.9. The van der Waals surface area contributed by atoms with Crippen molar-refractivity contribution in [2.75, 3.05) is 20.3 Å². The number of hydrogen-bond acceptors (Lipinski definition) is 2. The fraction of sp³-hybridized carbons (Fsp3) is 0.261. The van der Waals surface area contributed by atoms with E-state index in [4.69, 9.17) is 16.3 Å². The van der Waals surface area contributed by atoms with Gasteiger partial charge in [-0.2, -0.15) is 0 Å². The van der Waals surface area contributed by atoms with Gasteiger partial charge in [0.05, 0.1) is 6.54 Å². The number of methoxy groups -OCH3 is 1. The Balaban J connectivity index is 1.79. The average molecular weight is 415 g/mol. The number of nitrogens with zero attached hydrogens (tertiary/aromatic N) is 2. The molecule has 1 aromatic heterocycles. The molecule has 6 heteroatoms. The lowest BCUT2D eigenvalue weighted by molar-refractivity contribution is 0.0720. The van der Waals surface area contributed by atoms with Gasteiger partial charge in [0, 0.05) is 49.3 Å². The van der Waals surface area contributed by atoms with Crippen LogP contribution in [0.15, 0.2) is 66.9 Å². The first-order valence-electron chi connectivity index (χ1n) is 9.49. The summed E-state index contributed by atoms with van der Waals surface area (Å²) in [7, 11) is 1.64. The van der Waals surface area contributed by atoms with E-state index in [0.29, 0.717) is 43.2 Å². The van der Waals surface area contributed by atoms with Crippen LogP contribution in [-0.2, 0) is 17.8 Å². The van der Waals surface area contributed by atoms with Gasteiger partial charge < -0.3 is 14.2 Å². The average Bonchev–Trinajstić information content (AvgIpc) is 3.16. The van der Waals surface area contributed by atoms with Crippen LogP contribution < -0.4 is 0 Å². The van der Waals surface area contributed by atoms with Crippen molar-refractivity contribution in [1.82, 2.24) is 9.47 Å². The molecule has 152 valence electrons. The summed E-state index contributed by atoms with van der Waals surface area (Å²) in [5, 5.41) is 0.714. The summed E-state index contributed by atoms with van der Waals surface area (Å²) in [6, 6.07) is 17.3. The first-order chi connectivity index (χ1) is 14.1. The number of amides is 1. The van der Waals surface area contributed by atoms with Gasteiger partial charge in [-0.05, 0) is 54.4 Å². The third kappa shape index (κ3) is 5.68. The molecule has 0 aliphatic carbocycles. The van der Waals surface area contributed by atoms with E-state index in [0.717, 1.165) is 11.3 Å². The Kier molecular flexibility index (Phi) is 7.44. The molecular weight excluding hydrogens is 391 g/mol. The lowest BCUT2D eigenvalue weighted by atomic mass is 10.1. The van der Waals surface area contributed by atoms with Gasteiger partial charge >= 0.3 is 0 Å². The molecule has 3 aromatic rings.